The lowest BCUT2D eigenvalue weighted by Gasteiger charge is -2.39. The SMILES string of the molecule is NC(=O)C(OCC(=O)N1CCN(C(c2ccccc2)c2ccccc2)CC1)c1ccc(Cl)cc1-c1noc(=O)[nH]1. The number of aromatic nitrogens is 2. The summed E-state index contributed by atoms with van der Waals surface area (Å²) in [5, 5.41) is 4.01. The molecule has 0 saturated carbocycles. The average molecular weight is 562 g/mol. The summed E-state index contributed by atoms with van der Waals surface area (Å²) < 4.78 is 10.3. The number of hydrogen-bond acceptors (Lipinski definition) is 7. The van der Waals surface area contributed by atoms with Gasteiger partial charge in [0.05, 0.1) is 6.04 Å². The van der Waals surface area contributed by atoms with Crippen LogP contribution in [0.5, 0.6) is 0 Å². The van der Waals surface area contributed by atoms with Gasteiger partial charge in [0, 0.05) is 42.3 Å². The zero-order chi connectivity index (χ0) is 28.1. The zero-order valence-electron chi connectivity index (χ0n) is 21.5. The van der Waals surface area contributed by atoms with Crippen molar-refractivity contribution in [3.05, 3.63) is 111 Å². The van der Waals surface area contributed by atoms with E-state index >= 15 is 0 Å². The fraction of sp³-hybridized carbons (Fsp3) is 0.241. The molecule has 5 rings (SSSR count). The molecule has 0 bridgehead atoms. The Morgan fingerprint density at radius 1 is 0.975 bits per heavy atom. The van der Waals surface area contributed by atoms with Gasteiger partial charge < -0.3 is 15.4 Å². The highest BCUT2D eigenvalue weighted by molar-refractivity contribution is 6.30. The summed E-state index contributed by atoms with van der Waals surface area (Å²) in [5.74, 6) is -1.77. The van der Waals surface area contributed by atoms with Crippen LogP contribution in [0.15, 0.2) is 88.2 Å². The summed E-state index contributed by atoms with van der Waals surface area (Å²) in [6, 6.07) is 25.3. The zero-order valence-corrected chi connectivity index (χ0v) is 22.3. The fourth-order valence-electron chi connectivity index (χ4n) is 4.99. The molecule has 10 nitrogen and oxygen atoms in total. The minimum absolute atomic E-state index is 0.0613. The summed E-state index contributed by atoms with van der Waals surface area (Å²) in [5.41, 5.74) is 8.62. The van der Waals surface area contributed by atoms with Gasteiger partial charge in [-0.05, 0) is 23.3 Å². The van der Waals surface area contributed by atoms with Crippen molar-refractivity contribution in [1.82, 2.24) is 19.9 Å². The van der Waals surface area contributed by atoms with E-state index in [0.29, 0.717) is 42.3 Å². The molecule has 1 aliphatic rings. The summed E-state index contributed by atoms with van der Waals surface area (Å²) in [7, 11) is 0. The molecule has 0 aliphatic carbocycles. The number of nitrogens with one attached hydrogen (secondary N) is 1. The number of amides is 2. The molecule has 0 radical (unpaired) electrons. The van der Waals surface area contributed by atoms with Gasteiger partial charge in [0.15, 0.2) is 11.9 Å². The molecule has 1 aromatic heterocycles. The van der Waals surface area contributed by atoms with Crippen LogP contribution in [0, 0.1) is 0 Å². The van der Waals surface area contributed by atoms with Gasteiger partial charge >= 0.3 is 5.76 Å². The molecule has 4 aromatic rings. The van der Waals surface area contributed by atoms with Gasteiger partial charge in [0.2, 0.25) is 5.91 Å². The standard InChI is InChI=1S/C29H28ClN5O5/c30-21-11-12-22(23(17-21)28-32-29(38)40-33-28)26(27(31)37)39-18-24(36)34-13-15-35(16-14-34)25(19-7-3-1-4-8-19)20-9-5-2-6-10-20/h1-12,17,25-26H,13-16,18H2,(H2,31,37)(H,32,33,38). The van der Waals surface area contributed by atoms with Crippen LogP contribution in [0.1, 0.15) is 28.8 Å². The second kappa shape index (κ2) is 12.3. The first-order chi connectivity index (χ1) is 19.4. The highest BCUT2D eigenvalue weighted by atomic mass is 35.5. The molecule has 1 atom stereocenters. The number of primary amides is 1. The molecule has 1 unspecified atom stereocenters. The van der Waals surface area contributed by atoms with E-state index in [1.807, 2.05) is 36.4 Å². The first-order valence-electron chi connectivity index (χ1n) is 12.8. The minimum Gasteiger partial charge on any atom is -0.367 e. The Kier molecular flexibility index (Phi) is 8.40. The van der Waals surface area contributed by atoms with Gasteiger partial charge in [-0.25, -0.2) is 4.79 Å². The molecule has 0 spiro atoms. The second-order valence-electron chi connectivity index (χ2n) is 9.41. The number of carbonyl (C=O) groups is 2. The summed E-state index contributed by atoms with van der Waals surface area (Å²) >= 11 is 6.13. The second-order valence-corrected chi connectivity index (χ2v) is 9.85. The maximum absolute atomic E-state index is 13.1. The first kappa shape index (κ1) is 27.3. The van der Waals surface area contributed by atoms with Crippen LogP contribution in [0.2, 0.25) is 5.02 Å². The Morgan fingerprint density at radius 3 is 2.15 bits per heavy atom. The number of rotatable bonds is 9. The van der Waals surface area contributed by atoms with E-state index in [9.17, 15) is 14.4 Å². The van der Waals surface area contributed by atoms with Crippen LogP contribution in [0.3, 0.4) is 0 Å². The Balaban J connectivity index is 1.26. The Morgan fingerprint density at radius 2 is 1.60 bits per heavy atom. The van der Waals surface area contributed by atoms with Crippen LogP contribution < -0.4 is 11.5 Å². The van der Waals surface area contributed by atoms with Crippen molar-refractivity contribution in [2.24, 2.45) is 5.73 Å². The van der Waals surface area contributed by atoms with Crippen LogP contribution in [-0.2, 0) is 14.3 Å². The summed E-state index contributed by atoms with van der Waals surface area (Å²) in [6.07, 6.45) is -1.28. The predicted molar refractivity (Wildman–Crippen MR) is 148 cm³/mol. The molecule has 3 N–H and O–H groups in total. The maximum Gasteiger partial charge on any atom is 0.439 e. The van der Waals surface area contributed by atoms with Gasteiger partial charge in [-0.15, -0.1) is 0 Å². The topological polar surface area (TPSA) is 135 Å². The molecule has 1 fully saturated rings. The van der Waals surface area contributed by atoms with Crippen LogP contribution in [0.25, 0.3) is 11.4 Å². The Hall–Kier alpha value is -4.25. The lowest BCUT2D eigenvalue weighted by molar-refractivity contribution is -0.144. The smallest absolute Gasteiger partial charge is 0.367 e. The largest absolute Gasteiger partial charge is 0.439 e. The number of nitrogens with zero attached hydrogens (tertiary/aromatic N) is 3. The fourth-order valence-corrected chi connectivity index (χ4v) is 5.17. The minimum atomic E-state index is -1.28. The number of benzene rings is 3. The van der Waals surface area contributed by atoms with Gasteiger partial charge in [-0.1, -0.05) is 83.5 Å². The van der Waals surface area contributed by atoms with Crippen molar-refractivity contribution >= 4 is 23.4 Å². The van der Waals surface area contributed by atoms with E-state index in [1.54, 1.807) is 11.0 Å². The number of nitrogens with two attached hydrogens (primary N) is 1. The summed E-state index contributed by atoms with van der Waals surface area (Å²) in [6.45, 7) is 1.99. The normalized spacial score (nSPS) is 14.8. The van der Waals surface area contributed by atoms with Gasteiger partial charge in [-0.2, -0.15) is 0 Å². The molecule has 3 aromatic carbocycles. The molecule has 2 amide bonds. The lowest BCUT2D eigenvalue weighted by atomic mass is 9.96. The molecule has 1 saturated heterocycles. The molecule has 1 aliphatic heterocycles. The number of H-pyrrole nitrogens is 1. The quantitative estimate of drug-likeness (QED) is 0.320. The highest BCUT2D eigenvalue weighted by Crippen LogP contribution is 2.31. The lowest BCUT2D eigenvalue weighted by Crippen LogP contribution is -2.50. The van der Waals surface area contributed by atoms with Crippen molar-refractivity contribution in [2.75, 3.05) is 32.8 Å². The van der Waals surface area contributed by atoms with Crippen molar-refractivity contribution in [3.8, 4) is 11.4 Å². The number of piperazine rings is 1. The van der Waals surface area contributed by atoms with E-state index in [4.69, 9.17) is 22.1 Å². The monoisotopic (exact) mass is 561 g/mol. The third kappa shape index (κ3) is 6.15. The van der Waals surface area contributed by atoms with E-state index in [-0.39, 0.29) is 24.4 Å². The first-order valence-corrected chi connectivity index (χ1v) is 13.2. The average Bonchev–Trinajstić information content (AvgIpc) is 3.41. The molecule has 40 heavy (non-hydrogen) atoms. The van der Waals surface area contributed by atoms with Crippen molar-refractivity contribution in [2.45, 2.75) is 12.1 Å². The van der Waals surface area contributed by atoms with Crippen molar-refractivity contribution in [3.63, 3.8) is 0 Å². The van der Waals surface area contributed by atoms with Gasteiger partial charge in [0.1, 0.15) is 6.61 Å². The van der Waals surface area contributed by atoms with E-state index in [1.165, 1.54) is 23.3 Å². The van der Waals surface area contributed by atoms with Crippen LogP contribution in [0.4, 0.5) is 0 Å². The van der Waals surface area contributed by atoms with Crippen molar-refractivity contribution < 1.29 is 18.8 Å². The van der Waals surface area contributed by atoms with Crippen molar-refractivity contribution in [1.29, 1.82) is 0 Å². The number of aromatic amines is 1. The Bertz CT molecular complexity index is 1480. The molecule has 206 valence electrons. The van der Waals surface area contributed by atoms with E-state index in [0.717, 1.165) is 0 Å². The molecule has 2 heterocycles. The van der Waals surface area contributed by atoms with Gasteiger partial charge in [-0.3, -0.25) is 24.0 Å². The molecular weight excluding hydrogens is 534 g/mol. The number of carbonyl (C=O) groups excluding carboxylic acids is 2. The van der Waals surface area contributed by atoms with E-state index < -0.39 is 17.8 Å². The van der Waals surface area contributed by atoms with Crippen LogP contribution >= 0.6 is 11.6 Å². The third-order valence-corrected chi connectivity index (χ3v) is 7.12. The van der Waals surface area contributed by atoms with E-state index in [2.05, 4.69) is 43.8 Å². The number of ether oxygens (including phenoxy) is 1. The maximum atomic E-state index is 13.1. The number of hydrogen-bond donors (Lipinski definition) is 2. The Labute approximate surface area is 235 Å². The predicted octanol–water partition coefficient (Wildman–Crippen LogP) is 3.16. The highest BCUT2D eigenvalue weighted by Gasteiger charge is 2.30. The molecule has 11 heteroatoms. The summed E-state index contributed by atoms with van der Waals surface area (Å²) in [4.78, 5) is 43.5. The van der Waals surface area contributed by atoms with Crippen LogP contribution in [-0.4, -0.2) is 64.5 Å². The number of halogens is 1. The third-order valence-electron chi connectivity index (χ3n) is 6.89. The van der Waals surface area contributed by atoms with Gasteiger partial charge in [0.25, 0.3) is 5.91 Å². The molecular formula is C29H28ClN5O5.